The number of nitrogens with one attached hydrogen (secondary N) is 1. The average Bonchev–Trinajstić information content (AvgIpc) is 3.01. The molecule has 22 heavy (non-hydrogen) atoms. The normalized spacial score (nSPS) is 15.3. The molecule has 0 aliphatic carbocycles. The minimum absolute atomic E-state index is 0.0790. The molecule has 0 saturated heterocycles. The van der Waals surface area contributed by atoms with E-state index in [0.717, 1.165) is 16.5 Å². The highest BCUT2D eigenvalue weighted by Gasteiger charge is 2.27. The SMILES string of the molecule is Cc1ccc2c(C=C3Oc4cc(O)ccc4C3=O)c[nH]c2c1. The predicted molar refractivity (Wildman–Crippen MR) is 84.1 cm³/mol. The lowest BCUT2D eigenvalue weighted by Crippen LogP contribution is -1.97. The maximum absolute atomic E-state index is 12.3. The van der Waals surface area contributed by atoms with Crippen LogP contribution in [0.1, 0.15) is 21.5 Å². The van der Waals surface area contributed by atoms with Gasteiger partial charge >= 0.3 is 0 Å². The van der Waals surface area contributed by atoms with Crippen LogP contribution in [0.2, 0.25) is 0 Å². The number of ether oxygens (including phenoxy) is 1. The number of aromatic nitrogens is 1. The zero-order chi connectivity index (χ0) is 15.3. The van der Waals surface area contributed by atoms with Gasteiger partial charge in [-0.15, -0.1) is 0 Å². The second-order valence-electron chi connectivity index (χ2n) is 5.41. The van der Waals surface area contributed by atoms with Gasteiger partial charge in [0.05, 0.1) is 5.56 Å². The third-order valence-electron chi connectivity index (χ3n) is 3.81. The number of aromatic hydroxyl groups is 1. The highest BCUT2D eigenvalue weighted by Crippen LogP contribution is 2.35. The maximum atomic E-state index is 12.3. The molecule has 0 amide bonds. The molecule has 4 rings (SSSR count). The highest BCUT2D eigenvalue weighted by atomic mass is 16.5. The fraction of sp³-hybridized carbons (Fsp3) is 0.0556. The van der Waals surface area contributed by atoms with E-state index in [1.807, 2.05) is 25.3 Å². The summed E-state index contributed by atoms with van der Waals surface area (Å²) in [7, 11) is 0. The Morgan fingerprint density at radius 1 is 1.18 bits per heavy atom. The molecule has 0 unspecified atom stereocenters. The quantitative estimate of drug-likeness (QED) is 0.670. The number of carbonyl (C=O) groups excluding carboxylic acids is 1. The van der Waals surface area contributed by atoms with Crippen molar-refractivity contribution < 1.29 is 14.6 Å². The van der Waals surface area contributed by atoms with Crippen LogP contribution in [0, 0.1) is 6.92 Å². The second-order valence-corrected chi connectivity index (χ2v) is 5.41. The fourth-order valence-corrected chi connectivity index (χ4v) is 2.70. The third kappa shape index (κ3) is 1.89. The smallest absolute Gasteiger partial charge is 0.231 e. The Kier molecular flexibility index (Phi) is 2.60. The second kappa shape index (κ2) is 4.49. The van der Waals surface area contributed by atoms with E-state index >= 15 is 0 Å². The minimum atomic E-state index is -0.170. The molecule has 2 N–H and O–H groups in total. The Hall–Kier alpha value is -3.01. The summed E-state index contributed by atoms with van der Waals surface area (Å²) in [6, 6.07) is 10.6. The van der Waals surface area contributed by atoms with E-state index < -0.39 is 0 Å². The van der Waals surface area contributed by atoms with Crippen LogP contribution in [0.15, 0.2) is 48.4 Å². The number of rotatable bonds is 1. The van der Waals surface area contributed by atoms with Crippen molar-refractivity contribution in [3.05, 3.63) is 65.0 Å². The summed E-state index contributed by atoms with van der Waals surface area (Å²) in [6.07, 6.45) is 3.59. The number of ketones is 1. The molecule has 2 heterocycles. The number of phenolic OH excluding ortho intramolecular Hbond substituents is 1. The van der Waals surface area contributed by atoms with Crippen molar-refractivity contribution in [1.29, 1.82) is 0 Å². The molecule has 0 atom stereocenters. The van der Waals surface area contributed by atoms with Gasteiger partial charge in [0, 0.05) is 28.7 Å². The Labute approximate surface area is 126 Å². The van der Waals surface area contributed by atoms with Gasteiger partial charge in [-0.05, 0) is 36.8 Å². The van der Waals surface area contributed by atoms with Gasteiger partial charge in [0.25, 0.3) is 0 Å². The fourth-order valence-electron chi connectivity index (χ4n) is 2.70. The predicted octanol–water partition coefficient (Wildman–Crippen LogP) is 3.80. The van der Waals surface area contributed by atoms with Crippen molar-refractivity contribution in [2.75, 3.05) is 0 Å². The van der Waals surface area contributed by atoms with Crippen LogP contribution < -0.4 is 4.74 Å². The van der Waals surface area contributed by atoms with Crippen LogP contribution in [-0.4, -0.2) is 15.9 Å². The van der Waals surface area contributed by atoms with Crippen LogP contribution in [0.25, 0.3) is 17.0 Å². The van der Waals surface area contributed by atoms with Crippen LogP contribution in [0.5, 0.6) is 11.5 Å². The van der Waals surface area contributed by atoms with Crippen molar-refractivity contribution in [1.82, 2.24) is 4.98 Å². The molecule has 108 valence electrons. The summed E-state index contributed by atoms with van der Waals surface area (Å²) in [5, 5.41) is 10.5. The molecule has 3 aromatic rings. The lowest BCUT2D eigenvalue weighted by molar-refractivity contribution is 0.101. The first-order valence-electron chi connectivity index (χ1n) is 6.97. The van der Waals surface area contributed by atoms with Gasteiger partial charge in [0.15, 0.2) is 5.76 Å². The summed E-state index contributed by atoms with van der Waals surface area (Å²) >= 11 is 0. The first kappa shape index (κ1) is 12.7. The maximum Gasteiger partial charge on any atom is 0.231 e. The Morgan fingerprint density at radius 2 is 2.05 bits per heavy atom. The van der Waals surface area contributed by atoms with Gasteiger partial charge in [0.1, 0.15) is 11.5 Å². The molecule has 0 spiro atoms. The zero-order valence-electron chi connectivity index (χ0n) is 11.9. The minimum Gasteiger partial charge on any atom is -0.508 e. The van der Waals surface area contributed by atoms with Gasteiger partial charge in [-0.25, -0.2) is 0 Å². The summed E-state index contributed by atoms with van der Waals surface area (Å²) in [6.45, 7) is 2.03. The molecule has 4 nitrogen and oxygen atoms in total. The Balaban J connectivity index is 1.79. The number of fused-ring (bicyclic) bond motifs is 2. The van der Waals surface area contributed by atoms with E-state index in [4.69, 9.17) is 4.74 Å². The van der Waals surface area contributed by atoms with Crippen molar-refractivity contribution in [2.24, 2.45) is 0 Å². The molecule has 2 aromatic carbocycles. The van der Waals surface area contributed by atoms with Gasteiger partial charge in [0.2, 0.25) is 5.78 Å². The molecule has 1 aliphatic rings. The first-order chi connectivity index (χ1) is 10.6. The van der Waals surface area contributed by atoms with Crippen molar-refractivity contribution >= 4 is 22.8 Å². The van der Waals surface area contributed by atoms with E-state index in [9.17, 15) is 9.90 Å². The molecule has 4 heteroatoms. The number of hydrogen-bond donors (Lipinski definition) is 2. The zero-order valence-corrected chi connectivity index (χ0v) is 11.9. The number of allylic oxidation sites excluding steroid dienone is 1. The molecule has 0 radical (unpaired) electrons. The molecule has 1 aromatic heterocycles. The summed E-state index contributed by atoms with van der Waals surface area (Å²) in [5.41, 5.74) is 3.56. The van der Waals surface area contributed by atoms with Gasteiger partial charge in [-0.2, -0.15) is 0 Å². The lowest BCUT2D eigenvalue weighted by atomic mass is 10.1. The number of carbonyl (C=O) groups is 1. The Morgan fingerprint density at radius 3 is 2.91 bits per heavy atom. The lowest BCUT2D eigenvalue weighted by Gasteiger charge is -1.98. The van der Waals surface area contributed by atoms with Crippen LogP contribution >= 0.6 is 0 Å². The van der Waals surface area contributed by atoms with E-state index in [1.165, 1.54) is 17.7 Å². The van der Waals surface area contributed by atoms with Crippen molar-refractivity contribution in [2.45, 2.75) is 6.92 Å². The number of H-pyrrole nitrogens is 1. The van der Waals surface area contributed by atoms with Crippen LogP contribution in [-0.2, 0) is 0 Å². The first-order valence-corrected chi connectivity index (χ1v) is 6.97. The van der Waals surface area contributed by atoms with Crippen LogP contribution in [0.3, 0.4) is 0 Å². The number of aryl methyl sites for hydroxylation is 1. The summed E-state index contributed by atoms with van der Waals surface area (Å²) in [4.78, 5) is 15.5. The molecule has 0 bridgehead atoms. The number of Topliss-reactive ketones (excluding diaryl/α,β-unsaturated/α-hetero) is 1. The molecule has 0 saturated carbocycles. The Bertz CT molecular complexity index is 950. The number of aromatic amines is 1. The van der Waals surface area contributed by atoms with E-state index in [-0.39, 0.29) is 17.3 Å². The van der Waals surface area contributed by atoms with Gasteiger partial charge < -0.3 is 14.8 Å². The highest BCUT2D eigenvalue weighted by molar-refractivity contribution is 6.15. The van der Waals surface area contributed by atoms with E-state index in [0.29, 0.717) is 11.3 Å². The molecule has 0 fully saturated rings. The van der Waals surface area contributed by atoms with E-state index in [1.54, 1.807) is 12.1 Å². The number of phenols is 1. The summed E-state index contributed by atoms with van der Waals surface area (Å²) < 4.78 is 5.58. The number of benzene rings is 2. The van der Waals surface area contributed by atoms with Crippen LogP contribution in [0.4, 0.5) is 0 Å². The van der Waals surface area contributed by atoms with E-state index in [2.05, 4.69) is 11.1 Å². The summed E-state index contributed by atoms with van der Waals surface area (Å²) in [5.74, 6) is 0.570. The largest absolute Gasteiger partial charge is 0.508 e. The molecular formula is C18H13NO3. The average molecular weight is 291 g/mol. The number of hydrogen-bond acceptors (Lipinski definition) is 3. The third-order valence-corrected chi connectivity index (χ3v) is 3.81. The standard InChI is InChI=1S/C18H13NO3/c1-10-2-4-13-11(9-19-15(13)6-10)7-17-18(21)14-5-3-12(20)8-16(14)22-17/h2-9,19-20H,1H3. The van der Waals surface area contributed by atoms with Gasteiger partial charge in [-0.1, -0.05) is 12.1 Å². The molecule has 1 aliphatic heterocycles. The topological polar surface area (TPSA) is 62.3 Å². The van der Waals surface area contributed by atoms with Gasteiger partial charge in [-0.3, -0.25) is 4.79 Å². The van der Waals surface area contributed by atoms with Crippen molar-refractivity contribution in [3.63, 3.8) is 0 Å². The van der Waals surface area contributed by atoms with Crippen molar-refractivity contribution in [3.8, 4) is 11.5 Å². The monoisotopic (exact) mass is 291 g/mol. The molecular weight excluding hydrogens is 278 g/mol.